The van der Waals surface area contributed by atoms with Gasteiger partial charge in [0.25, 0.3) is 5.56 Å². The van der Waals surface area contributed by atoms with E-state index in [4.69, 9.17) is 9.47 Å². The quantitative estimate of drug-likeness (QED) is 0.711. The summed E-state index contributed by atoms with van der Waals surface area (Å²) >= 11 is 1.39. The molecule has 0 aliphatic rings. The summed E-state index contributed by atoms with van der Waals surface area (Å²) in [5.41, 5.74) is 1.85. The number of rotatable bonds is 5. The van der Waals surface area contributed by atoms with Crippen molar-refractivity contribution in [1.29, 1.82) is 0 Å². The molecule has 0 radical (unpaired) electrons. The standard InChI is InChI=1S/C17H21N3O3S/c1-10(2)13-7-12(22-5)8-14-16(13)17(21)20(24-14)9-23-15-6-11(3)18-19(15)4/h6-8,10H,9H2,1-5H3. The van der Waals surface area contributed by atoms with Crippen molar-refractivity contribution < 1.29 is 9.47 Å². The van der Waals surface area contributed by atoms with Gasteiger partial charge in [0.05, 0.1) is 22.9 Å². The van der Waals surface area contributed by atoms with Crippen molar-refractivity contribution in [3.8, 4) is 11.6 Å². The normalized spacial score (nSPS) is 11.4. The molecule has 3 aromatic rings. The summed E-state index contributed by atoms with van der Waals surface area (Å²) in [6.45, 7) is 6.21. The molecule has 0 unspecified atom stereocenters. The van der Waals surface area contributed by atoms with E-state index in [9.17, 15) is 4.79 Å². The number of aryl methyl sites for hydroxylation is 2. The molecule has 2 heterocycles. The van der Waals surface area contributed by atoms with Gasteiger partial charge in [0.2, 0.25) is 5.88 Å². The maximum atomic E-state index is 12.8. The van der Waals surface area contributed by atoms with E-state index in [2.05, 4.69) is 18.9 Å². The minimum absolute atomic E-state index is 0.0276. The van der Waals surface area contributed by atoms with E-state index >= 15 is 0 Å². The number of methoxy groups -OCH3 is 1. The first kappa shape index (κ1) is 16.6. The summed E-state index contributed by atoms with van der Waals surface area (Å²) in [5.74, 6) is 1.64. The van der Waals surface area contributed by atoms with Crippen molar-refractivity contribution in [3.05, 3.63) is 39.8 Å². The molecule has 0 fully saturated rings. The van der Waals surface area contributed by atoms with E-state index in [-0.39, 0.29) is 18.2 Å². The van der Waals surface area contributed by atoms with Gasteiger partial charge in [0.1, 0.15) is 5.75 Å². The number of hydrogen-bond acceptors (Lipinski definition) is 5. The van der Waals surface area contributed by atoms with Crippen molar-refractivity contribution in [2.45, 2.75) is 33.4 Å². The van der Waals surface area contributed by atoms with Crippen LogP contribution < -0.4 is 15.0 Å². The SMILES string of the molecule is COc1cc(C(C)C)c2c(=O)n(COc3cc(C)nn3C)sc2c1. The zero-order valence-electron chi connectivity index (χ0n) is 14.5. The van der Waals surface area contributed by atoms with Crippen molar-refractivity contribution in [1.82, 2.24) is 13.7 Å². The second-order valence-electron chi connectivity index (χ2n) is 6.04. The van der Waals surface area contributed by atoms with Crippen LogP contribution in [0.5, 0.6) is 11.6 Å². The van der Waals surface area contributed by atoms with Crippen LogP contribution in [0.3, 0.4) is 0 Å². The van der Waals surface area contributed by atoms with Crippen molar-refractivity contribution in [2.75, 3.05) is 7.11 Å². The van der Waals surface area contributed by atoms with Crippen LogP contribution in [0.25, 0.3) is 10.1 Å². The van der Waals surface area contributed by atoms with E-state index in [0.717, 1.165) is 27.1 Å². The second kappa shape index (κ2) is 6.32. The third-order valence-electron chi connectivity index (χ3n) is 3.90. The number of aromatic nitrogens is 3. The lowest BCUT2D eigenvalue weighted by Gasteiger charge is -2.08. The molecule has 2 aromatic heterocycles. The van der Waals surface area contributed by atoms with Crippen LogP contribution in [0.4, 0.5) is 0 Å². The summed E-state index contributed by atoms with van der Waals surface area (Å²) < 4.78 is 15.3. The number of benzene rings is 1. The van der Waals surface area contributed by atoms with Crippen LogP contribution >= 0.6 is 11.5 Å². The van der Waals surface area contributed by atoms with E-state index in [1.54, 1.807) is 15.7 Å². The summed E-state index contributed by atoms with van der Waals surface area (Å²) in [7, 11) is 3.46. The highest BCUT2D eigenvalue weighted by atomic mass is 32.1. The fourth-order valence-electron chi connectivity index (χ4n) is 2.70. The highest BCUT2D eigenvalue weighted by molar-refractivity contribution is 7.13. The Labute approximate surface area is 144 Å². The molecule has 24 heavy (non-hydrogen) atoms. The zero-order valence-corrected chi connectivity index (χ0v) is 15.3. The zero-order chi connectivity index (χ0) is 17.4. The van der Waals surface area contributed by atoms with Gasteiger partial charge in [-0.05, 0) is 30.5 Å². The van der Waals surface area contributed by atoms with E-state index in [1.807, 2.05) is 32.2 Å². The van der Waals surface area contributed by atoms with Crippen LogP contribution in [0.15, 0.2) is 23.0 Å². The molecule has 0 aliphatic heterocycles. The van der Waals surface area contributed by atoms with Crippen LogP contribution in [-0.4, -0.2) is 20.8 Å². The largest absolute Gasteiger partial charge is 0.497 e. The van der Waals surface area contributed by atoms with E-state index < -0.39 is 0 Å². The lowest BCUT2D eigenvalue weighted by Crippen LogP contribution is -2.18. The Morgan fingerprint density at radius 3 is 2.62 bits per heavy atom. The van der Waals surface area contributed by atoms with Gasteiger partial charge in [-0.2, -0.15) is 5.10 Å². The summed E-state index contributed by atoms with van der Waals surface area (Å²) in [6, 6.07) is 5.69. The molecule has 3 rings (SSSR count). The van der Waals surface area contributed by atoms with E-state index in [1.165, 1.54) is 11.5 Å². The molecule has 6 nitrogen and oxygen atoms in total. The first-order valence-electron chi connectivity index (χ1n) is 7.76. The molecule has 0 saturated carbocycles. The Kier molecular flexibility index (Phi) is 4.36. The summed E-state index contributed by atoms with van der Waals surface area (Å²) in [6.07, 6.45) is 0. The average molecular weight is 347 g/mol. The van der Waals surface area contributed by atoms with Crippen molar-refractivity contribution in [2.24, 2.45) is 7.05 Å². The topological polar surface area (TPSA) is 58.3 Å². The van der Waals surface area contributed by atoms with Gasteiger partial charge >= 0.3 is 0 Å². The predicted molar refractivity (Wildman–Crippen MR) is 95.3 cm³/mol. The summed E-state index contributed by atoms with van der Waals surface area (Å²) in [4.78, 5) is 12.8. The smallest absolute Gasteiger partial charge is 0.271 e. The average Bonchev–Trinajstić information content (AvgIpc) is 3.03. The number of ether oxygens (including phenoxy) is 2. The number of fused-ring (bicyclic) bond motifs is 1. The van der Waals surface area contributed by atoms with Gasteiger partial charge in [-0.15, -0.1) is 0 Å². The second-order valence-corrected chi connectivity index (χ2v) is 7.10. The Morgan fingerprint density at radius 1 is 1.29 bits per heavy atom. The molecule has 0 saturated heterocycles. The Balaban J connectivity index is 2.00. The van der Waals surface area contributed by atoms with Gasteiger partial charge in [0.15, 0.2) is 6.73 Å². The highest BCUT2D eigenvalue weighted by Gasteiger charge is 2.16. The van der Waals surface area contributed by atoms with Crippen molar-refractivity contribution in [3.63, 3.8) is 0 Å². The molecule has 1 aromatic carbocycles. The molecular formula is C17H21N3O3S. The molecule has 0 spiro atoms. The lowest BCUT2D eigenvalue weighted by atomic mass is 9.99. The molecule has 128 valence electrons. The molecular weight excluding hydrogens is 326 g/mol. The third kappa shape index (κ3) is 2.91. The van der Waals surface area contributed by atoms with Crippen LogP contribution in [0.1, 0.15) is 31.0 Å². The Bertz CT molecular complexity index is 937. The number of nitrogens with zero attached hydrogens (tertiary/aromatic N) is 3. The monoisotopic (exact) mass is 347 g/mol. The lowest BCUT2D eigenvalue weighted by molar-refractivity contribution is 0.224. The third-order valence-corrected chi connectivity index (χ3v) is 4.91. The minimum Gasteiger partial charge on any atom is -0.497 e. The summed E-state index contributed by atoms with van der Waals surface area (Å²) in [5, 5.41) is 4.99. The minimum atomic E-state index is -0.0276. The Morgan fingerprint density at radius 2 is 2.04 bits per heavy atom. The Hall–Kier alpha value is -2.28. The molecule has 7 heteroatoms. The fraction of sp³-hybridized carbons (Fsp3) is 0.412. The van der Waals surface area contributed by atoms with Gasteiger partial charge in [-0.25, -0.2) is 8.64 Å². The van der Waals surface area contributed by atoms with Crippen LogP contribution in [0, 0.1) is 6.92 Å². The maximum absolute atomic E-state index is 12.8. The highest BCUT2D eigenvalue weighted by Crippen LogP contribution is 2.31. The van der Waals surface area contributed by atoms with Gasteiger partial charge in [0, 0.05) is 13.1 Å². The molecule has 0 atom stereocenters. The molecule has 0 bridgehead atoms. The van der Waals surface area contributed by atoms with Crippen LogP contribution in [-0.2, 0) is 13.8 Å². The number of hydrogen-bond donors (Lipinski definition) is 0. The molecule has 0 aliphatic carbocycles. The molecule has 0 amide bonds. The van der Waals surface area contributed by atoms with Gasteiger partial charge in [-0.1, -0.05) is 25.4 Å². The van der Waals surface area contributed by atoms with E-state index in [0.29, 0.717) is 5.88 Å². The predicted octanol–water partition coefficient (Wildman–Crippen LogP) is 3.27. The van der Waals surface area contributed by atoms with Crippen molar-refractivity contribution >= 4 is 21.6 Å². The first-order valence-corrected chi connectivity index (χ1v) is 8.53. The molecule has 0 N–H and O–H groups in total. The van der Waals surface area contributed by atoms with Gasteiger partial charge in [-0.3, -0.25) is 4.79 Å². The van der Waals surface area contributed by atoms with Gasteiger partial charge < -0.3 is 9.47 Å². The van der Waals surface area contributed by atoms with Crippen LogP contribution in [0.2, 0.25) is 0 Å². The fourth-order valence-corrected chi connectivity index (χ4v) is 3.68. The first-order chi connectivity index (χ1) is 11.4. The maximum Gasteiger partial charge on any atom is 0.271 e.